The third-order valence-electron chi connectivity index (χ3n) is 2.20. The summed E-state index contributed by atoms with van der Waals surface area (Å²) in [5.41, 5.74) is 1.41. The van der Waals surface area contributed by atoms with Crippen LogP contribution < -0.4 is 0 Å². The lowest BCUT2D eigenvalue weighted by Crippen LogP contribution is -1.94. The van der Waals surface area contributed by atoms with Gasteiger partial charge in [0.15, 0.2) is 0 Å². The SMILES string of the molecule is CCC(C)C1=C/C=C\C=C/C=C\1. The Labute approximate surface area is 75.0 Å². The topological polar surface area (TPSA) is 0 Å². The molecule has 0 aromatic rings. The van der Waals surface area contributed by atoms with Crippen LogP contribution in [-0.4, -0.2) is 0 Å². The number of rotatable bonds is 2. The summed E-state index contributed by atoms with van der Waals surface area (Å²) in [6.07, 6.45) is 15.9. The Hall–Kier alpha value is -1.04. The normalized spacial score (nSPS) is 30.7. The minimum Gasteiger partial charge on any atom is -0.0648 e. The van der Waals surface area contributed by atoms with Gasteiger partial charge in [0, 0.05) is 0 Å². The highest BCUT2D eigenvalue weighted by molar-refractivity contribution is 5.32. The van der Waals surface area contributed by atoms with Crippen molar-refractivity contribution in [3.05, 3.63) is 48.1 Å². The fraction of sp³-hybridized carbons (Fsp3) is 0.333. The largest absolute Gasteiger partial charge is 0.0648 e. The molecule has 0 aliphatic heterocycles. The van der Waals surface area contributed by atoms with Crippen LogP contribution in [0, 0.1) is 5.92 Å². The van der Waals surface area contributed by atoms with E-state index in [0.717, 1.165) is 0 Å². The first kappa shape index (κ1) is 9.05. The minimum atomic E-state index is 0.664. The van der Waals surface area contributed by atoms with Crippen LogP contribution in [0.2, 0.25) is 0 Å². The molecule has 1 aliphatic rings. The van der Waals surface area contributed by atoms with Crippen LogP contribution in [0.4, 0.5) is 0 Å². The van der Waals surface area contributed by atoms with Crippen LogP contribution >= 0.6 is 0 Å². The lowest BCUT2D eigenvalue weighted by Gasteiger charge is -2.09. The molecule has 0 bridgehead atoms. The third-order valence-corrected chi connectivity index (χ3v) is 2.20. The van der Waals surface area contributed by atoms with Crippen molar-refractivity contribution in [2.75, 3.05) is 0 Å². The Balaban J connectivity index is 2.75. The van der Waals surface area contributed by atoms with E-state index in [9.17, 15) is 0 Å². The standard InChI is InChI=1S/C12H16/c1-3-11(2)12-9-7-5-4-6-8-10-12/h4-11H,3H2,1-2H3/b5-4-,6-4?,7-5?,8-6-,9-7-,10-8?,12-9?,12-10+. The molecule has 1 atom stereocenters. The first-order valence-corrected chi connectivity index (χ1v) is 4.56. The Morgan fingerprint density at radius 1 is 1.08 bits per heavy atom. The number of hydrogen-bond acceptors (Lipinski definition) is 0. The lowest BCUT2D eigenvalue weighted by molar-refractivity contribution is 0.670. The summed E-state index contributed by atoms with van der Waals surface area (Å²) in [4.78, 5) is 0. The summed E-state index contributed by atoms with van der Waals surface area (Å²) >= 11 is 0. The van der Waals surface area contributed by atoms with E-state index in [0.29, 0.717) is 5.92 Å². The molecule has 0 aromatic heterocycles. The van der Waals surface area contributed by atoms with Gasteiger partial charge in [-0.05, 0) is 17.9 Å². The minimum absolute atomic E-state index is 0.664. The number of allylic oxidation sites excluding steroid dienone is 8. The van der Waals surface area contributed by atoms with Crippen molar-refractivity contribution in [3.63, 3.8) is 0 Å². The van der Waals surface area contributed by atoms with Crippen molar-refractivity contribution < 1.29 is 0 Å². The Morgan fingerprint density at radius 2 is 1.75 bits per heavy atom. The van der Waals surface area contributed by atoms with Gasteiger partial charge in [0.2, 0.25) is 0 Å². The maximum atomic E-state index is 2.26. The van der Waals surface area contributed by atoms with Gasteiger partial charge in [0.05, 0.1) is 0 Å². The van der Waals surface area contributed by atoms with Crippen LogP contribution in [0.3, 0.4) is 0 Å². The van der Waals surface area contributed by atoms with Crippen LogP contribution in [-0.2, 0) is 0 Å². The summed E-state index contributed by atoms with van der Waals surface area (Å²) in [6.45, 7) is 4.48. The van der Waals surface area contributed by atoms with Gasteiger partial charge in [-0.25, -0.2) is 0 Å². The van der Waals surface area contributed by atoms with Gasteiger partial charge in [-0.3, -0.25) is 0 Å². The smallest absolute Gasteiger partial charge is 0.0193 e. The van der Waals surface area contributed by atoms with Gasteiger partial charge < -0.3 is 0 Å². The fourth-order valence-corrected chi connectivity index (χ4v) is 1.15. The van der Waals surface area contributed by atoms with Gasteiger partial charge in [0.25, 0.3) is 0 Å². The van der Waals surface area contributed by atoms with E-state index < -0.39 is 0 Å². The van der Waals surface area contributed by atoms with E-state index in [1.54, 1.807) is 0 Å². The zero-order chi connectivity index (χ0) is 8.81. The van der Waals surface area contributed by atoms with E-state index in [-0.39, 0.29) is 0 Å². The maximum absolute atomic E-state index is 2.26. The molecular formula is C12H16. The molecule has 0 amide bonds. The molecule has 0 saturated heterocycles. The van der Waals surface area contributed by atoms with Gasteiger partial charge >= 0.3 is 0 Å². The van der Waals surface area contributed by atoms with E-state index in [1.807, 2.05) is 6.08 Å². The summed E-state index contributed by atoms with van der Waals surface area (Å²) in [7, 11) is 0. The van der Waals surface area contributed by atoms with Gasteiger partial charge in [-0.15, -0.1) is 0 Å². The predicted molar refractivity (Wildman–Crippen MR) is 55.0 cm³/mol. The zero-order valence-electron chi connectivity index (χ0n) is 7.83. The summed E-state index contributed by atoms with van der Waals surface area (Å²) in [6, 6.07) is 0. The molecule has 64 valence electrons. The second-order valence-corrected chi connectivity index (χ2v) is 3.10. The molecule has 1 unspecified atom stereocenters. The molecule has 1 rings (SSSR count). The molecule has 0 nitrogen and oxygen atoms in total. The molecule has 12 heavy (non-hydrogen) atoms. The molecule has 0 radical (unpaired) electrons. The first-order chi connectivity index (χ1) is 5.84. The van der Waals surface area contributed by atoms with Gasteiger partial charge in [-0.1, -0.05) is 56.4 Å². The van der Waals surface area contributed by atoms with E-state index in [2.05, 4.69) is 50.3 Å². The van der Waals surface area contributed by atoms with Crippen molar-refractivity contribution in [1.29, 1.82) is 0 Å². The van der Waals surface area contributed by atoms with Crippen LogP contribution in [0.1, 0.15) is 20.3 Å². The predicted octanol–water partition coefficient (Wildman–Crippen LogP) is 3.64. The van der Waals surface area contributed by atoms with Crippen LogP contribution in [0.15, 0.2) is 48.1 Å². The van der Waals surface area contributed by atoms with Gasteiger partial charge in [0.1, 0.15) is 0 Å². The lowest BCUT2D eigenvalue weighted by atomic mass is 9.97. The second-order valence-electron chi connectivity index (χ2n) is 3.10. The second kappa shape index (κ2) is 4.76. The fourth-order valence-electron chi connectivity index (χ4n) is 1.15. The average molecular weight is 160 g/mol. The first-order valence-electron chi connectivity index (χ1n) is 4.56. The van der Waals surface area contributed by atoms with Crippen molar-refractivity contribution in [2.45, 2.75) is 20.3 Å². The molecule has 0 heteroatoms. The third kappa shape index (κ3) is 2.54. The molecular weight excluding hydrogens is 144 g/mol. The number of hydrogen-bond donors (Lipinski definition) is 0. The molecule has 0 fully saturated rings. The van der Waals surface area contributed by atoms with Crippen molar-refractivity contribution >= 4 is 0 Å². The highest BCUT2D eigenvalue weighted by Gasteiger charge is 2.01. The Morgan fingerprint density at radius 3 is 2.50 bits per heavy atom. The highest BCUT2D eigenvalue weighted by Crippen LogP contribution is 2.16. The molecule has 0 aromatic carbocycles. The van der Waals surface area contributed by atoms with E-state index >= 15 is 0 Å². The van der Waals surface area contributed by atoms with Crippen molar-refractivity contribution in [2.24, 2.45) is 5.92 Å². The van der Waals surface area contributed by atoms with Crippen LogP contribution in [0.5, 0.6) is 0 Å². The van der Waals surface area contributed by atoms with E-state index in [1.165, 1.54) is 12.0 Å². The highest BCUT2D eigenvalue weighted by atomic mass is 14.1. The van der Waals surface area contributed by atoms with Gasteiger partial charge in [-0.2, -0.15) is 0 Å². The summed E-state index contributed by atoms with van der Waals surface area (Å²) in [5, 5.41) is 0. The Kier molecular flexibility index (Phi) is 3.59. The Bertz CT molecular complexity index is 239. The zero-order valence-corrected chi connectivity index (χ0v) is 7.83. The monoisotopic (exact) mass is 160 g/mol. The summed E-state index contributed by atoms with van der Waals surface area (Å²) < 4.78 is 0. The molecule has 0 saturated carbocycles. The molecule has 1 aliphatic carbocycles. The average Bonchev–Trinajstić information content (AvgIpc) is 2.02. The molecule has 0 N–H and O–H groups in total. The van der Waals surface area contributed by atoms with E-state index in [4.69, 9.17) is 0 Å². The molecule has 0 spiro atoms. The van der Waals surface area contributed by atoms with Crippen molar-refractivity contribution in [1.82, 2.24) is 0 Å². The maximum Gasteiger partial charge on any atom is -0.0193 e. The molecule has 0 heterocycles. The van der Waals surface area contributed by atoms with Crippen LogP contribution in [0.25, 0.3) is 0 Å². The quantitative estimate of drug-likeness (QED) is 0.578. The summed E-state index contributed by atoms with van der Waals surface area (Å²) in [5.74, 6) is 0.664. The van der Waals surface area contributed by atoms with Crippen molar-refractivity contribution in [3.8, 4) is 0 Å².